The van der Waals surface area contributed by atoms with Crippen molar-refractivity contribution >= 4 is 22.8 Å². The lowest BCUT2D eigenvalue weighted by molar-refractivity contribution is -0.00128. The first-order valence-electron chi connectivity index (χ1n) is 8.42. The number of fused-ring (bicyclic) bond motifs is 1. The highest BCUT2D eigenvalue weighted by Gasteiger charge is 2.28. The molecule has 0 radical (unpaired) electrons. The van der Waals surface area contributed by atoms with E-state index in [9.17, 15) is 0 Å². The lowest BCUT2D eigenvalue weighted by Crippen LogP contribution is -2.46. The van der Waals surface area contributed by atoms with Crippen molar-refractivity contribution in [1.82, 2.24) is 29.9 Å². The monoisotopic (exact) mass is 352 g/mol. The molecule has 0 atom stereocenters. The van der Waals surface area contributed by atoms with Crippen molar-refractivity contribution in [3.8, 4) is 5.88 Å². The molecule has 2 aromatic heterocycles. The van der Waals surface area contributed by atoms with Crippen LogP contribution in [-0.2, 0) is 11.8 Å². The minimum absolute atomic E-state index is 0.139. The van der Waals surface area contributed by atoms with E-state index in [-0.39, 0.29) is 11.4 Å². The third-order valence-electron chi connectivity index (χ3n) is 4.89. The van der Waals surface area contributed by atoms with Crippen LogP contribution in [0.4, 0.5) is 0 Å². The average Bonchev–Trinajstić information content (AvgIpc) is 2.97. The van der Waals surface area contributed by atoms with Gasteiger partial charge in [-0.1, -0.05) is 5.21 Å². The maximum absolute atomic E-state index is 6.14. The molecule has 130 valence electrons. The highest BCUT2D eigenvalue weighted by atomic mass is 35.5. The van der Waals surface area contributed by atoms with E-state index in [1.54, 1.807) is 11.7 Å². The van der Waals surface area contributed by atoms with E-state index < -0.39 is 0 Å². The molecule has 0 aromatic carbocycles. The van der Waals surface area contributed by atoms with Gasteiger partial charge in [0.05, 0.1) is 13.2 Å². The molecule has 1 saturated carbocycles. The van der Waals surface area contributed by atoms with Crippen molar-refractivity contribution in [3.05, 3.63) is 5.28 Å². The first kappa shape index (κ1) is 16.0. The molecule has 9 heteroatoms. The van der Waals surface area contributed by atoms with Crippen LogP contribution in [0.2, 0.25) is 5.28 Å². The Kier molecular flexibility index (Phi) is 4.51. The molecule has 8 nitrogen and oxygen atoms in total. The number of ether oxygens (including phenoxy) is 2. The van der Waals surface area contributed by atoms with E-state index in [4.69, 9.17) is 21.1 Å². The lowest BCUT2D eigenvalue weighted by atomic mass is 9.91. The summed E-state index contributed by atoms with van der Waals surface area (Å²) in [5.41, 5.74) is 1.16. The number of halogens is 1. The summed E-state index contributed by atoms with van der Waals surface area (Å²) in [6.45, 7) is 3.78. The molecule has 3 heterocycles. The first-order chi connectivity index (χ1) is 11.7. The second-order valence-electron chi connectivity index (χ2n) is 6.38. The Balaban J connectivity index is 1.43. The van der Waals surface area contributed by atoms with E-state index in [2.05, 4.69) is 25.2 Å². The van der Waals surface area contributed by atoms with Crippen molar-refractivity contribution in [1.29, 1.82) is 0 Å². The Morgan fingerprint density at radius 3 is 2.62 bits per heavy atom. The molecule has 0 N–H and O–H groups in total. The molecule has 1 aliphatic heterocycles. The van der Waals surface area contributed by atoms with Gasteiger partial charge >= 0.3 is 0 Å². The molecule has 2 fully saturated rings. The number of nitrogens with zero attached hydrogens (tertiary/aromatic N) is 6. The minimum atomic E-state index is 0.139. The van der Waals surface area contributed by atoms with Crippen LogP contribution >= 0.6 is 11.6 Å². The number of aryl methyl sites for hydroxylation is 1. The molecule has 0 spiro atoms. The van der Waals surface area contributed by atoms with Gasteiger partial charge in [0, 0.05) is 26.2 Å². The molecular formula is C15H21ClN6O2. The van der Waals surface area contributed by atoms with E-state index in [0.717, 1.165) is 52.0 Å². The fourth-order valence-electron chi connectivity index (χ4n) is 3.62. The van der Waals surface area contributed by atoms with Crippen LogP contribution in [0.3, 0.4) is 0 Å². The average molecular weight is 353 g/mol. The van der Waals surface area contributed by atoms with E-state index in [1.807, 2.05) is 0 Å². The topological polar surface area (TPSA) is 78.2 Å². The summed E-state index contributed by atoms with van der Waals surface area (Å²) in [6.07, 6.45) is 4.44. The Hall–Kier alpha value is -1.51. The number of hydrogen-bond donors (Lipinski definition) is 0. The maximum atomic E-state index is 6.14. The number of morpholine rings is 1. The molecule has 2 aliphatic rings. The number of hydrogen-bond acceptors (Lipinski definition) is 7. The Bertz CT molecular complexity index is 709. The molecule has 0 unspecified atom stereocenters. The predicted molar refractivity (Wildman–Crippen MR) is 88.2 cm³/mol. The molecule has 2 aromatic rings. The van der Waals surface area contributed by atoms with Gasteiger partial charge in [0.25, 0.3) is 0 Å². The second kappa shape index (κ2) is 6.78. The van der Waals surface area contributed by atoms with Gasteiger partial charge in [-0.3, -0.25) is 4.90 Å². The maximum Gasteiger partial charge on any atom is 0.246 e. The SMILES string of the molecule is Cn1nnc2nc(Cl)nc(O[C@H]3CC[C@H](N4CCOCC4)CC3)c21. The molecule has 0 bridgehead atoms. The van der Waals surface area contributed by atoms with Gasteiger partial charge in [0.15, 0.2) is 5.52 Å². The third kappa shape index (κ3) is 3.18. The molecule has 1 aliphatic carbocycles. The fraction of sp³-hybridized carbons (Fsp3) is 0.733. The Morgan fingerprint density at radius 1 is 1.12 bits per heavy atom. The van der Waals surface area contributed by atoms with Gasteiger partial charge in [-0.2, -0.15) is 9.97 Å². The Morgan fingerprint density at radius 2 is 1.88 bits per heavy atom. The summed E-state index contributed by atoms with van der Waals surface area (Å²) in [4.78, 5) is 10.9. The number of aromatic nitrogens is 5. The van der Waals surface area contributed by atoms with Gasteiger partial charge < -0.3 is 9.47 Å². The van der Waals surface area contributed by atoms with Crippen molar-refractivity contribution in [2.45, 2.75) is 37.8 Å². The van der Waals surface area contributed by atoms with Crippen LogP contribution in [0.25, 0.3) is 11.2 Å². The van der Waals surface area contributed by atoms with E-state index >= 15 is 0 Å². The van der Waals surface area contributed by atoms with Crippen molar-refractivity contribution in [2.75, 3.05) is 26.3 Å². The number of rotatable bonds is 3. The zero-order chi connectivity index (χ0) is 16.5. The molecule has 1 saturated heterocycles. The lowest BCUT2D eigenvalue weighted by Gasteiger charge is -2.38. The van der Waals surface area contributed by atoms with Crippen LogP contribution < -0.4 is 4.74 Å². The van der Waals surface area contributed by atoms with Crippen LogP contribution in [0.5, 0.6) is 5.88 Å². The van der Waals surface area contributed by atoms with Gasteiger partial charge in [-0.15, -0.1) is 5.10 Å². The van der Waals surface area contributed by atoms with Gasteiger partial charge in [-0.05, 0) is 37.3 Å². The molecule has 0 amide bonds. The fourth-order valence-corrected chi connectivity index (χ4v) is 3.77. The smallest absolute Gasteiger partial charge is 0.246 e. The minimum Gasteiger partial charge on any atom is -0.473 e. The molecular weight excluding hydrogens is 332 g/mol. The summed E-state index contributed by atoms with van der Waals surface area (Å²) in [7, 11) is 1.80. The van der Waals surface area contributed by atoms with Gasteiger partial charge in [0.2, 0.25) is 16.8 Å². The zero-order valence-corrected chi connectivity index (χ0v) is 14.4. The van der Waals surface area contributed by atoms with E-state index in [1.165, 1.54) is 0 Å². The van der Waals surface area contributed by atoms with Crippen LogP contribution in [0.15, 0.2) is 0 Å². The van der Waals surface area contributed by atoms with E-state index in [0.29, 0.717) is 23.1 Å². The quantitative estimate of drug-likeness (QED) is 0.773. The molecule has 4 rings (SSSR count). The van der Waals surface area contributed by atoms with Crippen molar-refractivity contribution < 1.29 is 9.47 Å². The van der Waals surface area contributed by atoms with Crippen LogP contribution in [0, 0.1) is 0 Å². The van der Waals surface area contributed by atoms with Crippen LogP contribution in [-0.4, -0.2) is 68.3 Å². The van der Waals surface area contributed by atoms with Gasteiger partial charge in [0.1, 0.15) is 6.10 Å². The zero-order valence-electron chi connectivity index (χ0n) is 13.7. The third-order valence-corrected chi connectivity index (χ3v) is 5.06. The van der Waals surface area contributed by atoms with Crippen LogP contribution in [0.1, 0.15) is 25.7 Å². The summed E-state index contributed by atoms with van der Waals surface area (Å²) < 4.78 is 13.2. The summed E-state index contributed by atoms with van der Waals surface area (Å²) in [6, 6.07) is 0.640. The van der Waals surface area contributed by atoms with Gasteiger partial charge in [-0.25, -0.2) is 4.68 Å². The van der Waals surface area contributed by atoms with Crippen molar-refractivity contribution in [2.24, 2.45) is 7.05 Å². The standard InChI is InChI=1S/C15H21ClN6O2/c1-21-12-13(19-20-21)17-15(16)18-14(12)24-11-4-2-10(3-5-11)22-6-8-23-9-7-22/h10-11H,2-9H2,1H3/t10-,11-. The highest BCUT2D eigenvalue weighted by Crippen LogP contribution is 2.29. The molecule has 24 heavy (non-hydrogen) atoms. The largest absolute Gasteiger partial charge is 0.473 e. The summed E-state index contributed by atoms with van der Waals surface area (Å²) in [5.74, 6) is 0.479. The summed E-state index contributed by atoms with van der Waals surface area (Å²) >= 11 is 5.98. The second-order valence-corrected chi connectivity index (χ2v) is 6.72. The predicted octanol–water partition coefficient (Wildman–Crippen LogP) is 1.43. The first-order valence-corrected chi connectivity index (χ1v) is 8.80. The normalized spacial score (nSPS) is 25.9. The highest BCUT2D eigenvalue weighted by molar-refractivity contribution is 6.28. The summed E-state index contributed by atoms with van der Waals surface area (Å²) in [5, 5.41) is 8.09. The Labute approximate surface area is 145 Å². The van der Waals surface area contributed by atoms with Crippen molar-refractivity contribution in [3.63, 3.8) is 0 Å².